The van der Waals surface area contributed by atoms with Crippen molar-refractivity contribution in [2.75, 3.05) is 13.2 Å². The van der Waals surface area contributed by atoms with E-state index in [4.69, 9.17) is 42.6 Å². The number of ether oxygens (including phenoxy) is 9. The van der Waals surface area contributed by atoms with Crippen LogP contribution in [0.3, 0.4) is 0 Å². The molecule has 10 heteroatoms. The van der Waals surface area contributed by atoms with Gasteiger partial charge in [0, 0.05) is 11.8 Å². The SMILES string of the molecule is C[C@@H]1CO[C@@H](O[C@H]2CC[C@@]3(C)C(CC[C@]4(C)C3CC=C3C5CC(C)(C)CC[C@]5(C(=O)OCc5ccccc5)CC[C@]34C)C2(C)C)C(OCc2ccccc2)[C@H]1O[C@@H]1OC(COCc2ccccc2)[C@H](OCc2ccccc2)[C@H](C)C1OCc1ccccc1. The third-order valence-corrected chi connectivity index (χ3v) is 23.7. The van der Waals surface area contributed by atoms with E-state index < -0.39 is 42.4 Å². The van der Waals surface area contributed by atoms with Crippen LogP contribution in [0.25, 0.3) is 0 Å². The van der Waals surface area contributed by atoms with Crippen LogP contribution in [-0.4, -0.2) is 68.4 Å². The molecule has 10 nitrogen and oxygen atoms in total. The number of allylic oxidation sites excluding steroid dienone is 2. The zero-order valence-electron chi connectivity index (χ0n) is 54.1. The molecule has 0 aromatic heterocycles. The first-order valence-electron chi connectivity index (χ1n) is 33.5. The number of benzene rings is 5. The third-order valence-electron chi connectivity index (χ3n) is 23.7. The lowest BCUT2D eigenvalue weighted by Crippen LogP contribution is -2.66. The highest BCUT2D eigenvalue weighted by Gasteiger charge is 2.70. The first kappa shape index (κ1) is 63.2. The Morgan fingerprint density at radius 3 is 1.66 bits per heavy atom. The van der Waals surface area contributed by atoms with E-state index in [-0.39, 0.29) is 63.0 Å². The summed E-state index contributed by atoms with van der Waals surface area (Å²) in [5.41, 5.74) is 6.51. The molecule has 6 fully saturated rings. The fourth-order valence-corrected chi connectivity index (χ4v) is 18.4. The van der Waals surface area contributed by atoms with Gasteiger partial charge in [-0.3, -0.25) is 4.79 Å². The summed E-state index contributed by atoms with van der Waals surface area (Å²) in [4.78, 5) is 14.7. The van der Waals surface area contributed by atoms with E-state index in [9.17, 15) is 4.79 Å². The molecule has 5 aliphatic carbocycles. The predicted octanol–water partition coefficient (Wildman–Crippen LogP) is 16.6. The Morgan fingerprint density at radius 1 is 0.534 bits per heavy atom. The number of rotatable bonds is 20. The normalized spacial score (nSPS) is 36.6. The Bertz CT molecular complexity index is 3100. The van der Waals surface area contributed by atoms with Gasteiger partial charge in [-0.05, 0) is 137 Å². The molecule has 12 rings (SSSR count). The molecule has 17 atom stereocenters. The average Bonchev–Trinajstić information content (AvgIpc) is 0.682. The van der Waals surface area contributed by atoms with Crippen molar-refractivity contribution in [1.82, 2.24) is 0 Å². The minimum absolute atomic E-state index is 0.0195. The number of hydrogen-bond acceptors (Lipinski definition) is 10. The molecule has 6 unspecified atom stereocenters. The molecule has 5 aromatic carbocycles. The highest BCUT2D eigenvalue weighted by atomic mass is 16.7. The molecular weight excluding hydrogens is 1100 g/mol. The highest BCUT2D eigenvalue weighted by molar-refractivity contribution is 5.79. The maximum absolute atomic E-state index is 14.7. The van der Waals surface area contributed by atoms with E-state index in [1.165, 1.54) is 0 Å². The molecule has 0 amide bonds. The van der Waals surface area contributed by atoms with Crippen molar-refractivity contribution in [3.63, 3.8) is 0 Å². The largest absolute Gasteiger partial charge is 0.460 e. The molecule has 472 valence electrons. The molecule has 0 spiro atoms. The van der Waals surface area contributed by atoms with Crippen LogP contribution in [0.1, 0.15) is 154 Å². The third kappa shape index (κ3) is 12.6. The summed E-state index contributed by atoms with van der Waals surface area (Å²) < 4.78 is 63.3. The lowest BCUT2D eigenvalue weighted by molar-refractivity contribution is -0.359. The van der Waals surface area contributed by atoms with E-state index in [1.807, 2.05) is 78.9 Å². The zero-order chi connectivity index (χ0) is 61.3. The van der Waals surface area contributed by atoms with E-state index in [0.29, 0.717) is 58.1 Å². The van der Waals surface area contributed by atoms with Gasteiger partial charge in [-0.2, -0.15) is 0 Å². The van der Waals surface area contributed by atoms with Gasteiger partial charge in [-0.25, -0.2) is 0 Å². The lowest BCUT2D eigenvalue weighted by Gasteiger charge is -2.71. The van der Waals surface area contributed by atoms with Crippen LogP contribution >= 0.6 is 0 Å². The maximum atomic E-state index is 14.7. The Balaban J connectivity index is 0.805. The summed E-state index contributed by atoms with van der Waals surface area (Å²) in [5.74, 6) is 0.858. The van der Waals surface area contributed by atoms with Gasteiger partial charge in [-0.15, -0.1) is 0 Å². The quantitative estimate of drug-likeness (QED) is 0.0425. The molecule has 0 bridgehead atoms. The molecule has 2 heterocycles. The summed E-state index contributed by atoms with van der Waals surface area (Å²) in [6.07, 6.45) is 8.77. The van der Waals surface area contributed by atoms with Crippen molar-refractivity contribution in [3.8, 4) is 0 Å². The molecule has 2 saturated heterocycles. The van der Waals surface area contributed by atoms with Gasteiger partial charge in [-0.1, -0.05) is 226 Å². The summed E-state index contributed by atoms with van der Waals surface area (Å²) in [6.45, 7) is 24.8. The van der Waals surface area contributed by atoms with Gasteiger partial charge in [0.15, 0.2) is 12.6 Å². The Kier molecular flexibility index (Phi) is 18.9. The van der Waals surface area contributed by atoms with Crippen molar-refractivity contribution in [1.29, 1.82) is 0 Å². The first-order valence-corrected chi connectivity index (χ1v) is 33.5. The molecular formula is C78H100O10. The minimum atomic E-state index is -0.802. The van der Waals surface area contributed by atoms with Crippen LogP contribution in [0, 0.1) is 62.1 Å². The van der Waals surface area contributed by atoms with Crippen molar-refractivity contribution < 1.29 is 47.4 Å². The molecule has 0 radical (unpaired) electrons. The van der Waals surface area contributed by atoms with Crippen LogP contribution in [0.2, 0.25) is 0 Å². The minimum Gasteiger partial charge on any atom is -0.460 e. The first-order chi connectivity index (χ1) is 42.4. The van der Waals surface area contributed by atoms with Gasteiger partial charge in [0.05, 0.1) is 63.4 Å². The van der Waals surface area contributed by atoms with Crippen molar-refractivity contribution in [2.24, 2.45) is 62.1 Å². The standard InChI is InChI=1S/C78H100O10/c1-53-46-84-70(87-65-38-39-75(7)63(74(65,5)6)37-40-77(9)64(75)36-35-60-61-45-73(3,4)41-43-78(61,44-42-76(60,77)8)72(79)85-51-59-33-23-14-24-34-59)69(83-50-58-31-21-13-22-32-58)66(53)88-71-68(82-49-57-29-19-12-20-30-57)54(2)67(81-48-56-27-17-11-18-28-56)62(86-71)52-80-47-55-25-15-10-16-26-55/h10-35,53-54,61-71H,36-52H2,1-9H3/t53-,54+,61?,62?,63?,64?,65+,66+,67-,68?,69?,70+,71+,75+,76-,77-,78+/m1/s1. The fourth-order valence-electron chi connectivity index (χ4n) is 18.4. The summed E-state index contributed by atoms with van der Waals surface area (Å²) in [5, 5.41) is 0. The molecule has 2 aliphatic heterocycles. The maximum Gasteiger partial charge on any atom is 0.313 e. The number of carbonyl (C=O) groups is 1. The second-order valence-electron chi connectivity index (χ2n) is 29.9. The van der Waals surface area contributed by atoms with Crippen LogP contribution in [0.15, 0.2) is 163 Å². The van der Waals surface area contributed by atoms with Gasteiger partial charge >= 0.3 is 5.97 Å². The molecule has 5 aromatic rings. The predicted molar refractivity (Wildman–Crippen MR) is 343 cm³/mol. The van der Waals surface area contributed by atoms with E-state index in [1.54, 1.807) is 5.57 Å². The summed E-state index contributed by atoms with van der Waals surface area (Å²) in [6, 6.07) is 51.5. The molecule has 0 N–H and O–H groups in total. The molecule has 88 heavy (non-hydrogen) atoms. The molecule has 4 saturated carbocycles. The van der Waals surface area contributed by atoms with Crippen molar-refractivity contribution in [3.05, 3.63) is 191 Å². The van der Waals surface area contributed by atoms with Gasteiger partial charge in [0.1, 0.15) is 24.9 Å². The Labute approximate surface area is 526 Å². The average molecular weight is 1200 g/mol. The van der Waals surface area contributed by atoms with Crippen LogP contribution in [0.5, 0.6) is 0 Å². The Hall–Kier alpha value is -5.01. The van der Waals surface area contributed by atoms with Crippen molar-refractivity contribution >= 4 is 5.97 Å². The Morgan fingerprint density at radius 2 is 1.07 bits per heavy atom. The summed E-state index contributed by atoms with van der Waals surface area (Å²) in [7, 11) is 0. The summed E-state index contributed by atoms with van der Waals surface area (Å²) >= 11 is 0. The number of carbonyl (C=O) groups excluding carboxylic acids is 1. The molecule has 7 aliphatic rings. The second kappa shape index (κ2) is 26.3. The second-order valence-corrected chi connectivity index (χ2v) is 29.9. The number of esters is 1. The van der Waals surface area contributed by atoms with Gasteiger partial charge < -0.3 is 42.6 Å². The van der Waals surface area contributed by atoms with E-state index in [2.05, 4.69) is 141 Å². The fraction of sp³-hybridized carbons (Fsp3) is 0.577. The smallest absolute Gasteiger partial charge is 0.313 e. The van der Waals surface area contributed by atoms with Crippen LogP contribution in [-0.2, 0) is 80.5 Å². The van der Waals surface area contributed by atoms with Crippen molar-refractivity contribution in [2.45, 2.75) is 209 Å². The number of hydrogen-bond donors (Lipinski definition) is 0. The lowest BCUT2D eigenvalue weighted by atomic mass is 9.33. The zero-order valence-corrected chi connectivity index (χ0v) is 54.1. The van der Waals surface area contributed by atoms with E-state index >= 15 is 0 Å². The van der Waals surface area contributed by atoms with Gasteiger partial charge in [0.25, 0.3) is 0 Å². The number of fused-ring (bicyclic) bond motifs is 7. The van der Waals surface area contributed by atoms with Crippen LogP contribution in [0.4, 0.5) is 0 Å². The topological polar surface area (TPSA) is 100 Å². The van der Waals surface area contributed by atoms with Gasteiger partial charge in [0.2, 0.25) is 0 Å². The van der Waals surface area contributed by atoms with Crippen LogP contribution < -0.4 is 0 Å². The monoisotopic (exact) mass is 1200 g/mol. The highest BCUT2D eigenvalue weighted by Crippen LogP contribution is 2.76. The van der Waals surface area contributed by atoms with E-state index in [0.717, 1.165) is 92.0 Å².